The van der Waals surface area contributed by atoms with Gasteiger partial charge in [0.2, 0.25) is 10.0 Å². The van der Waals surface area contributed by atoms with Gasteiger partial charge in [0.1, 0.15) is 11.3 Å². The molecule has 0 saturated carbocycles. The fourth-order valence-electron chi connectivity index (χ4n) is 1.80. The van der Waals surface area contributed by atoms with Crippen molar-refractivity contribution in [1.29, 1.82) is 0 Å². The van der Waals surface area contributed by atoms with Crippen molar-refractivity contribution in [2.24, 2.45) is 5.14 Å². The SMILES string of the molecule is NS(=O)(=O)CCCNC(=O)c1ccc(-c2ccco2)[nH]c1=O. The molecule has 1 amide bonds. The molecule has 8 nitrogen and oxygen atoms in total. The molecule has 2 rings (SSSR count). The first-order chi connectivity index (χ1) is 10.4. The average molecular weight is 325 g/mol. The van der Waals surface area contributed by atoms with Gasteiger partial charge in [0.25, 0.3) is 11.5 Å². The van der Waals surface area contributed by atoms with Gasteiger partial charge < -0.3 is 14.7 Å². The zero-order valence-electron chi connectivity index (χ0n) is 11.5. The summed E-state index contributed by atoms with van der Waals surface area (Å²) >= 11 is 0. The first-order valence-electron chi connectivity index (χ1n) is 6.43. The number of aromatic amines is 1. The number of amides is 1. The highest BCUT2D eigenvalue weighted by molar-refractivity contribution is 7.89. The number of furan rings is 1. The molecule has 2 heterocycles. The third-order valence-electron chi connectivity index (χ3n) is 2.83. The van der Waals surface area contributed by atoms with Crippen molar-refractivity contribution < 1.29 is 17.6 Å². The lowest BCUT2D eigenvalue weighted by Gasteiger charge is -2.05. The lowest BCUT2D eigenvalue weighted by molar-refractivity contribution is 0.0952. The number of H-pyrrole nitrogens is 1. The molecule has 9 heteroatoms. The molecule has 0 fully saturated rings. The van der Waals surface area contributed by atoms with Crippen LogP contribution in [-0.2, 0) is 10.0 Å². The van der Waals surface area contributed by atoms with Crippen molar-refractivity contribution in [1.82, 2.24) is 10.3 Å². The summed E-state index contributed by atoms with van der Waals surface area (Å²) in [7, 11) is -3.56. The Kier molecular flexibility index (Phi) is 4.78. The van der Waals surface area contributed by atoms with E-state index in [9.17, 15) is 18.0 Å². The maximum absolute atomic E-state index is 11.9. The van der Waals surface area contributed by atoms with Gasteiger partial charge in [-0.25, -0.2) is 13.6 Å². The number of carbonyl (C=O) groups is 1. The van der Waals surface area contributed by atoms with Gasteiger partial charge in [0.05, 0.1) is 17.7 Å². The van der Waals surface area contributed by atoms with Crippen LogP contribution in [-0.4, -0.2) is 31.6 Å². The molecule has 22 heavy (non-hydrogen) atoms. The molecule has 0 radical (unpaired) electrons. The molecular weight excluding hydrogens is 310 g/mol. The van der Waals surface area contributed by atoms with Gasteiger partial charge in [-0.05, 0) is 30.7 Å². The van der Waals surface area contributed by atoms with Crippen LogP contribution in [0.4, 0.5) is 0 Å². The van der Waals surface area contributed by atoms with Crippen molar-refractivity contribution >= 4 is 15.9 Å². The van der Waals surface area contributed by atoms with Crippen molar-refractivity contribution in [3.63, 3.8) is 0 Å². The van der Waals surface area contributed by atoms with Crippen LogP contribution in [0.5, 0.6) is 0 Å². The molecule has 0 aliphatic rings. The van der Waals surface area contributed by atoms with Crippen molar-refractivity contribution in [2.75, 3.05) is 12.3 Å². The summed E-state index contributed by atoms with van der Waals surface area (Å²) in [5.74, 6) is -0.333. The predicted octanol–water partition coefficient (Wildman–Crippen LogP) is 0.0433. The number of hydrogen-bond acceptors (Lipinski definition) is 5. The summed E-state index contributed by atoms with van der Waals surface area (Å²) in [6, 6.07) is 6.29. The molecule has 0 atom stereocenters. The Morgan fingerprint density at radius 3 is 2.68 bits per heavy atom. The van der Waals surface area contributed by atoms with Gasteiger partial charge in [-0.3, -0.25) is 9.59 Å². The number of rotatable bonds is 6. The van der Waals surface area contributed by atoms with Crippen molar-refractivity contribution in [3.8, 4) is 11.5 Å². The van der Waals surface area contributed by atoms with Crippen LogP contribution in [0.3, 0.4) is 0 Å². The van der Waals surface area contributed by atoms with E-state index in [2.05, 4.69) is 10.3 Å². The maximum Gasteiger partial charge on any atom is 0.261 e. The monoisotopic (exact) mass is 325 g/mol. The molecule has 0 spiro atoms. The van der Waals surface area contributed by atoms with E-state index in [-0.39, 0.29) is 24.3 Å². The number of carbonyl (C=O) groups excluding carboxylic acids is 1. The van der Waals surface area contributed by atoms with E-state index in [1.54, 1.807) is 18.2 Å². The molecule has 0 aliphatic carbocycles. The van der Waals surface area contributed by atoms with Crippen LogP contribution in [0, 0.1) is 0 Å². The van der Waals surface area contributed by atoms with Gasteiger partial charge in [-0.15, -0.1) is 0 Å². The maximum atomic E-state index is 11.9. The van der Waals surface area contributed by atoms with E-state index in [1.165, 1.54) is 12.3 Å². The standard InChI is InChI=1S/C13H15N3O5S/c14-22(19,20)8-2-6-15-12(17)9-4-5-10(16-13(9)18)11-3-1-7-21-11/h1,3-5,7H,2,6,8H2,(H,15,17)(H,16,18)(H2,14,19,20). The second-order valence-electron chi connectivity index (χ2n) is 4.57. The number of aromatic nitrogens is 1. The molecule has 0 aromatic carbocycles. The second-order valence-corrected chi connectivity index (χ2v) is 6.30. The zero-order chi connectivity index (χ0) is 16.2. The predicted molar refractivity (Wildman–Crippen MR) is 79.7 cm³/mol. The highest BCUT2D eigenvalue weighted by Crippen LogP contribution is 2.15. The normalized spacial score (nSPS) is 11.3. The van der Waals surface area contributed by atoms with E-state index >= 15 is 0 Å². The number of primary sulfonamides is 1. The van der Waals surface area contributed by atoms with E-state index in [4.69, 9.17) is 9.56 Å². The number of sulfonamides is 1. The Labute approximate surface area is 126 Å². The third-order valence-corrected chi connectivity index (χ3v) is 3.69. The minimum Gasteiger partial charge on any atom is -0.463 e. The lowest BCUT2D eigenvalue weighted by atomic mass is 10.2. The van der Waals surface area contributed by atoms with Crippen LogP contribution in [0.15, 0.2) is 39.7 Å². The highest BCUT2D eigenvalue weighted by Gasteiger charge is 2.12. The van der Waals surface area contributed by atoms with Gasteiger partial charge >= 0.3 is 0 Å². The molecule has 0 bridgehead atoms. The Morgan fingerprint density at radius 2 is 2.09 bits per heavy atom. The topological polar surface area (TPSA) is 135 Å². The van der Waals surface area contributed by atoms with Crippen LogP contribution in [0.25, 0.3) is 11.5 Å². The molecule has 4 N–H and O–H groups in total. The second kappa shape index (κ2) is 6.58. The fourth-order valence-corrected chi connectivity index (χ4v) is 2.35. The number of nitrogens with two attached hydrogens (primary N) is 1. The summed E-state index contributed by atoms with van der Waals surface area (Å²) in [5.41, 5.74) is -0.162. The summed E-state index contributed by atoms with van der Waals surface area (Å²) in [6.07, 6.45) is 1.65. The minimum absolute atomic E-state index is 0.0640. The van der Waals surface area contributed by atoms with Gasteiger partial charge in [0, 0.05) is 6.54 Å². The molecule has 2 aromatic rings. The van der Waals surface area contributed by atoms with Crippen molar-refractivity contribution in [2.45, 2.75) is 6.42 Å². The van der Waals surface area contributed by atoms with Crippen LogP contribution in [0.1, 0.15) is 16.8 Å². The number of hydrogen-bond donors (Lipinski definition) is 3. The molecular formula is C13H15N3O5S. The van der Waals surface area contributed by atoms with Crippen LogP contribution >= 0.6 is 0 Å². The quantitative estimate of drug-likeness (QED) is 0.644. The molecule has 2 aromatic heterocycles. The van der Waals surface area contributed by atoms with E-state index in [1.807, 2.05) is 0 Å². The molecule has 118 valence electrons. The van der Waals surface area contributed by atoms with Crippen LogP contribution < -0.4 is 16.0 Å². The molecule has 0 aliphatic heterocycles. The fraction of sp³-hybridized carbons (Fsp3) is 0.231. The van der Waals surface area contributed by atoms with E-state index in [0.717, 1.165) is 0 Å². The average Bonchev–Trinajstić information content (AvgIpc) is 2.96. The van der Waals surface area contributed by atoms with E-state index < -0.39 is 21.5 Å². The van der Waals surface area contributed by atoms with E-state index in [0.29, 0.717) is 11.5 Å². The Bertz CT molecular complexity index is 808. The van der Waals surface area contributed by atoms with Gasteiger partial charge in [-0.2, -0.15) is 0 Å². The highest BCUT2D eigenvalue weighted by atomic mass is 32.2. The first kappa shape index (κ1) is 16.0. The zero-order valence-corrected chi connectivity index (χ0v) is 12.4. The number of pyridine rings is 1. The summed E-state index contributed by atoms with van der Waals surface area (Å²) < 4.78 is 26.6. The summed E-state index contributed by atoms with van der Waals surface area (Å²) in [4.78, 5) is 26.3. The summed E-state index contributed by atoms with van der Waals surface area (Å²) in [6.45, 7) is 0.106. The molecule has 0 unspecified atom stereocenters. The number of nitrogens with one attached hydrogen (secondary N) is 2. The smallest absolute Gasteiger partial charge is 0.261 e. The van der Waals surface area contributed by atoms with Crippen LogP contribution in [0.2, 0.25) is 0 Å². The first-order valence-corrected chi connectivity index (χ1v) is 8.14. The Balaban J connectivity index is 2.00. The third kappa shape index (κ3) is 4.30. The Hall–Kier alpha value is -2.39. The van der Waals surface area contributed by atoms with Gasteiger partial charge in [-0.1, -0.05) is 0 Å². The van der Waals surface area contributed by atoms with Gasteiger partial charge in [0.15, 0.2) is 0 Å². The molecule has 0 saturated heterocycles. The van der Waals surface area contributed by atoms with Crippen molar-refractivity contribution in [3.05, 3.63) is 46.4 Å². The lowest BCUT2D eigenvalue weighted by Crippen LogP contribution is -2.31. The minimum atomic E-state index is -3.56. The Morgan fingerprint density at radius 1 is 1.32 bits per heavy atom. The largest absolute Gasteiger partial charge is 0.463 e. The summed E-state index contributed by atoms with van der Waals surface area (Å²) in [5, 5.41) is 7.31.